The van der Waals surface area contributed by atoms with Gasteiger partial charge in [0.1, 0.15) is 5.41 Å². The summed E-state index contributed by atoms with van der Waals surface area (Å²) in [6.45, 7) is 4.45. The summed E-state index contributed by atoms with van der Waals surface area (Å²) in [7, 11) is 1.31. The Morgan fingerprint density at radius 1 is 1.27 bits per heavy atom. The number of hydrogen-bond donors (Lipinski definition) is 0. The molecule has 0 unspecified atom stereocenters. The second-order valence-electron chi connectivity index (χ2n) is 4.37. The van der Waals surface area contributed by atoms with E-state index in [4.69, 9.17) is 4.74 Å². The molecule has 4 heteroatoms. The summed E-state index contributed by atoms with van der Waals surface area (Å²) in [5.74, 6) is -0.551. The molecule has 1 heterocycles. The summed E-state index contributed by atoms with van der Waals surface area (Å²) >= 11 is 0. The van der Waals surface area contributed by atoms with Crippen molar-refractivity contribution in [3.63, 3.8) is 0 Å². The summed E-state index contributed by atoms with van der Waals surface area (Å²) in [5, 5.41) is 0. The van der Waals surface area contributed by atoms with E-state index in [9.17, 15) is 9.59 Å². The van der Waals surface area contributed by atoms with E-state index in [1.165, 1.54) is 7.11 Å². The molecule has 15 heavy (non-hydrogen) atoms. The number of ketones is 1. The van der Waals surface area contributed by atoms with Gasteiger partial charge in [-0.2, -0.15) is 0 Å². The Bertz CT molecular complexity index is 251. The Hall–Kier alpha value is -0.900. The average Bonchev–Trinajstić information content (AvgIpc) is 2.28. The lowest BCUT2D eigenvalue weighted by Crippen LogP contribution is -2.40. The number of rotatable bonds is 3. The topological polar surface area (TPSA) is 52.6 Å². The Labute approximate surface area is 89.9 Å². The molecule has 0 aromatic rings. The number of Topliss-reactive ketones (excluding diaryl/α,β-unsaturated/α-hetero) is 1. The Kier molecular flexibility index (Phi) is 3.85. The molecule has 1 saturated heterocycles. The molecule has 86 valence electrons. The van der Waals surface area contributed by atoms with Gasteiger partial charge in [-0.1, -0.05) is 0 Å². The van der Waals surface area contributed by atoms with Gasteiger partial charge in [-0.3, -0.25) is 9.59 Å². The molecule has 1 aliphatic rings. The molecule has 0 aromatic carbocycles. The Morgan fingerprint density at radius 3 is 2.27 bits per heavy atom. The molecule has 0 aromatic heterocycles. The van der Waals surface area contributed by atoms with Gasteiger partial charge in [0.25, 0.3) is 0 Å². The maximum absolute atomic E-state index is 12.1. The van der Waals surface area contributed by atoms with Crippen LogP contribution in [0.4, 0.5) is 0 Å². The Balaban J connectivity index is 2.69. The summed E-state index contributed by atoms with van der Waals surface area (Å²) in [6, 6.07) is 0. The summed E-state index contributed by atoms with van der Waals surface area (Å²) < 4.78 is 9.82. The van der Waals surface area contributed by atoms with Crippen LogP contribution in [0.2, 0.25) is 0 Å². The van der Waals surface area contributed by atoms with E-state index in [1.807, 2.05) is 0 Å². The fraction of sp³-hybridized carbons (Fsp3) is 0.818. The second-order valence-corrected chi connectivity index (χ2v) is 4.37. The molecule has 4 nitrogen and oxygen atoms in total. The number of methoxy groups -OCH3 is 1. The highest BCUT2D eigenvalue weighted by atomic mass is 16.5. The first-order valence-electron chi connectivity index (χ1n) is 5.20. The molecule has 0 aliphatic carbocycles. The van der Waals surface area contributed by atoms with E-state index in [0.717, 1.165) is 0 Å². The molecule has 0 saturated carbocycles. The van der Waals surface area contributed by atoms with Crippen molar-refractivity contribution in [1.29, 1.82) is 0 Å². The predicted octanol–water partition coefficient (Wildman–Crippen LogP) is 1.18. The van der Waals surface area contributed by atoms with Crippen molar-refractivity contribution in [2.24, 2.45) is 11.3 Å². The van der Waals surface area contributed by atoms with Crippen LogP contribution in [-0.2, 0) is 19.1 Å². The summed E-state index contributed by atoms with van der Waals surface area (Å²) in [4.78, 5) is 23.5. The lowest BCUT2D eigenvalue weighted by atomic mass is 9.78. The minimum absolute atomic E-state index is 0.0300. The molecule has 0 N–H and O–H groups in total. The van der Waals surface area contributed by atoms with Crippen LogP contribution in [0.3, 0.4) is 0 Å². The van der Waals surface area contributed by atoms with Crippen LogP contribution in [0.5, 0.6) is 0 Å². The second kappa shape index (κ2) is 4.75. The zero-order valence-electron chi connectivity index (χ0n) is 9.54. The fourth-order valence-electron chi connectivity index (χ4n) is 1.83. The monoisotopic (exact) mass is 214 g/mol. The molecular formula is C11H18O4. The van der Waals surface area contributed by atoms with Crippen LogP contribution in [0.15, 0.2) is 0 Å². The van der Waals surface area contributed by atoms with Gasteiger partial charge in [0.15, 0.2) is 5.78 Å². The lowest BCUT2D eigenvalue weighted by molar-refractivity contribution is -0.158. The van der Waals surface area contributed by atoms with E-state index in [1.54, 1.807) is 13.8 Å². The van der Waals surface area contributed by atoms with Gasteiger partial charge in [-0.25, -0.2) is 0 Å². The fourth-order valence-corrected chi connectivity index (χ4v) is 1.83. The normalized spacial score (nSPS) is 18.6. The molecule has 0 bridgehead atoms. The van der Waals surface area contributed by atoms with Crippen molar-refractivity contribution in [3.8, 4) is 0 Å². The van der Waals surface area contributed by atoms with Crippen LogP contribution in [0, 0.1) is 11.3 Å². The van der Waals surface area contributed by atoms with Gasteiger partial charge in [0.05, 0.1) is 7.11 Å². The van der Waals surface area contributed by atoms with Crippen LogP contribution in [-0.4, -0.2) is 32.1 Å². The Morgan fingerprint density at radius 2 is 1.80 bits per heavy atom. The number of esters is 1. The van der Waals surface area contributed by atoms with Crippen molar-refractivity contribution in [2.75, 3.05) is 20.3 Å². The van der Waals surface area contributed by atoms with Gasteiger partial charge in [-0.05, 0) is 26.7 Å². The van der Waals surface area contributed by atoms with Crippen molar-refractivity contribution >= 4 is 11.8 Å². The highest BCUT2D eigenvalue weighted by Crippen LogP contribution is 2.28. The quantitative estimate of drug-likeness (QED) is 0.523. The molecule has 1 aliphatic heterocycles. The van der Waals surface area contributed by atoms with Gasteiger partial charge in [-0.15, -0.1) is 0 Å². The third-order valence-corrected chi connectivity index (χ3v) is 2.90. The number of carbonyl (C=O) groups is 2. The first-order valence-corrected chi connectivity index (χ1v) is 5.20. The number of ether oxygens (including phenoxy) is 2. The van der Waals surface area contributed by atoms with Crippen LogP contribution in [0.1, 0.15) is 26.7 Å². The average molecular weight is 214 g/mol. The van der Waals surface area contributed by atoms with Crippen LogP contribution >= 0.6 is 0 Å². The zero-order valence-corrected chi connectivity index (χ0v) is 9.54. The third-order valence-electron chi connectivity index (χ3n) is 2.90. The lowest BCUT2D eigenvalue weighted by Gasteiger charge is -2.28. The molecule has 0 spiro atoms. The van der Waals surface area contributed by atoms with Gasteiger partial charge in [0.2, 0.25) is 0 Å². The molecule has 1 fully saturated rings. The molecule has 0 amide bonds. The molecule has 0 radical (unpaired) electrons. The van der Waals surface area contributed by atoms with Crippen molar-refractivity contribution in [1.82, 2.24) is 0 Å². The van der Waals surface area contributed by atoms with E-state index < -0.39 is 11.4 Å². The number of carbonyl (C=O) groups excluding carboxylic acids is 2. The number of hydrogen-bond acceptors (Lipinski definition) is 4. The van der Waals surface area contributed by atoms with E-state index >= 15 is 0 Å². The third kappa shape index (κ3) is 2.56. The highest BCUT2D eigenvalue weighted by molar-refractivity contribution is 6.03. The highest BCUT2D eigenvalue weighted by Gasteiger charge is 2.41. The van der Waals surface area contributed by atoms with Crippen molar-refractivity contribution < 1.29 is 19.1 Å². The van der Waals surface area contributed by atoms with Gasteiger partial charge >= 0.3 is 5.97 Å². The largest absolute Gasteiger partial charge is 0.468 e. The maximum atomic E-state index is 12.1. The first-order chi connectivity index (χ1) is 7.00. The summed E-state index contributed by atoms with van der Waals surface area (Å²) in [6.07, 6.45) is 1.42. The zero-order chi connectivity index (χ0) is 11.5. The molecular weight excluding hydrogens is 196 g/mol. The SMILES string of the molecule is COC(=O)C(C)(C)C(=O)C1CCOCC1. The maximum Gasteiger partial charge on any atom is 0.318 e. The van der Waals surface area contributed by atoms with Gasteiger partial charge < -0.3 is 9.47 Å². The molecule has 0 atom stereocenters. The van der Waals surface area contributed by atoms with Gasteiger partial charge in [0, 0.05) is 19.1 Å². The summed E-state index contributed by atoms with van der Waals surface area (Å²) in [5.41, 5.74) is -1.03. The van der Waals surface area contributed by atoms with E-state index in [-0.39, 0.29) is 11.7 Å². The minimum Gasteiger partial charge on any atom is -0.468 e. The molecule has 1 rings (SSSR count). The van der Waals surface area contributed by atoms with E-state index in [0.29, 0.717) is 26.1 Å². The standard InChI is InChI=1S/C11H18O4/c1-11(2,10(13)14-3)9(12)8-4-6-15-7-5-8/h8H,4-7H2,1-3H3. The predicted molar refractivity (Wildman–Crippen MR) is 54.3 cm³/mol. The van der Waals surface area contributed by atoms with E-state index in [2.05, 4.69) is 4.74 Å². The van der Waals surface area contributed by atoms with Crippen LogP contribution in [0.25, 0.3) is 0 Å². The smallest absolute Gasteiger partial charge is 0.318 e. The minimum atomic E-state index is -1.03. The first kappa shape index (κ1) is 12.2. The van der Waals surface area contributed by atoms with Crippen molar-refractivity contribution in [2.45, 2.75) is 26.7 Å². The van der Waals surface area contributed by atoms with Crippen molar-refractivity contribution in [3.05, 3.63) is 0 Å². The van der Waals surface area contributed by atoms with Crippen LogP contribution < -0.4 is 0 Å².